The first-order valence-electron chi connectivity index (χ1n) is 9.50. The molecule has 0 aliphatic carbocycles. The lowest BCUT2D eigenvalue weighted by molar-refractivity contribution is -0.119. The van der Waals surface area contributed by atoms with Gasteiger partial charge in [0.2, 0.25) is 5.95 Å². The van der Waals surface area contributed by atoms with Crippen LogP contribution in [0.3, 0.4) is 0 Å². The normalized spacial score (nSPS) is 12.0. The van der Waals surface area contributed by atoms with Crippen molar-refractivity contribution in [3.8, 4) is 5.75 Å². The Hall–Kier alpha value is -3.64. The molecule has 0 radical (unpaired) electrons. The maximum absolute atomic E-state index is 12.8. The summed E-state index contributed by atoms with van der Waals surface area (Å²) in [4.78, 5) is 40.9. The molecule has 3 rings (SSSR count). The number of hydrogen-bond acceptors (Lipinski definition) is 8. The summed E-state index contributed by atoms with van der Waals surface area (Å²) in [6.45, 7) is 1.56. The van der Waals surface area contributed by atoms with Gasteiger partial charge < -0.3 is 19.7 Å². The van der Waals surface area contributed by atoms with E-state index in [0.717, 1.165) is 10.1 Å². The number of carbonyl (C=O) groups is 1. The number of nitrogens with two attached hydrogens (primary N) is 1. The summed E-state index contributed by atoms with van der Waals surface area (Å²) in [7, 11) is 2.84. The highest BCUT2D eigenvalue weighted by Gasteiger charge is 2.21. The Morgan fingerprint density at radius 2 is 1.97 bits per heavy atom. The highest BCUT2D eigenvalue weighted by molar-refractivity contribution is 5.81. The van der Waals surface area contributed by atoms with E-state index in [1.54, 1.807) is 6.07 Å². The number of aryl methyl sites for hydroxylation is 2. The number of nitrogens with zero attached hydrogens (tertiary/aromatic N) is 4. The van der Waals surface area contributed by atoms with Crippen molar-refractivity contribution in [1.29, 1.82) is 0 Å². The van der Waals surface area contributed by atoms with Crippen molar-refractivity contribution < 1.29 is 14.6 Å². The standard InChI is InChI=1S/C19H25N7O5/c1-11-6-4-5-7-13(11)31-10-12(27)9-26-15-16(22-18(26)21-8-14(28)23-20)24(2)19(30)25(3)17(15)29/h4-7,12,27H,8-10,20H2,1-3H3,(H,21,22)(H,23,28)/t12-/m0/s1. The van der Waals surface area contributed by atoms with Gasteiger partial charge in [0.1, 0.15) is 18.5 Å². The largest absolute Gasteiger partial charge is 0.491 e. The first-order valence-corrected chi connectivity index (χ1v) is 9.50. The van der Waals surface area contributed by atoms with Crippen molar-refractivity contribution in [1.82, 2.24) is 24.1 Å². The van der Waals surface area contributed by atoms with Gasteiger partial charge in [-0.05, 0) is 18.6 Å². The molecule has 0 aliphatic heterocycles. The number of aliphatic hydroxyl groups is 1. The van der Waals surface area contributed by atoms with Gasteiger partial charge in [-0.25, -0.2) is 10.6 Å². The number of hydrogen-bond donors (Lipinski definition) is 4. The number of anilines is 1. The molecular weight excluding hydrogens is 406 g/mol. The van der Waals surface area contributed by atoms with Crippen LogP contribution in [0.1, 0.15) is 5.56 Å². The van der Waals surface area contributed by atoms with E-state index in [9.17, 15) is 19.5 Å². The molecule has 0 fully saturated rings. The van der Waals surface area contributed by atoms with Gasteiger partial charge in [-0.15, -0.1) is 0 Å². The second kappa shape index (κ2) is 9.02. The molecule has 12 heteroatoms. The van der Waals surface area contributed by atoms with E-state index in [-0.39, 0.29) is 36.8 Å². The number of nitrogens with one attached hydrogen (secondary N) is 2. The van der Waals surface area contributed by atoms with Crippen LogP contribution in [0.2, 0.25) is 0 Å². The molecule has 1 amide bonds. The summed E-state index contributed by atoms with van der Waals surface area (Å²) in [6.07, 6.45) is -1.01. The lowest BCUT2D eigenvalue weighted by Gasteiger charge is -2.16. The number of hydrazine groups is 1. The molecular formula is C19H25N7O5. The minimum absolute atomic E-state index is 0.0423. The van der Waals surface area contributed by atoms with Crippen LogP contribution in [0.4, 0.5) is 5.95 Å². The Balaban J connectivity index is 1.96. The molecule has 0 unspecified atom stereocenters. The van der Waals surface area contributed by atoms with Gasteiger partial charge in [-0.3, -0.25) is 24.1 Å². The minimum Gasteiger partial charge on any atom is -0.491 e. The lowest BCUT2D eigenvalue weighted by atomic mass is 10.2. The molecule has 1 aromatic carbocycles. The van der Waals surface area contributed by atoms with E-state index in [0.29, 0.717) is 5.75 Å². The number of rotatable bonds is 8. The molecule has 0 spiro atoms. The zero-order valence-corrected chi connectivity index (χ0v) is 17.5. The summed E-state index contributed by atoms with van der Waals surface area (Å²) in [5, 5.41) is 13.4. The van der Waals surface area contributed by atoms with Crippen LogP contribution >= 0.6 is 0 Å². The predicted molar refractivity (Wildman–Crippen MR) is 114 cm³/mol. The van der Waals surface area contributed by atoms with Crippen molar-refractivity contribution in [2.24, 2.45) is 19.9 Å². The van der Waals surface area contributed by atoms with Gasteiger partial charge in [0.05, 0.1) is 13.1 Å². The first-order chi connectivity index (χ1) is 14.7. The summed E-state index contributed by atoms with van der Waals surface area (Å²) in [6, 6.07) is 7.39. The van der Waals surface area contributed by atoms with Crippen molar-refractivity contribution in [3.63, 3.8) is 0 Å². The number of amides is 1. The van der Waals surface area contributed by atoms with Crippen molar-refractivity contribution in [2.45, 2.75) is 19.6 Å². The van der Waals surface area contributed by atoms with Gasteiger partial charge in [-0.2, -0.15) is 4.98 Å². The molecule has 0 aliphatic rings. The third-order valence-electron chi connectivity index (χ3n) is 4.83. The Morgan fingerprint density at radius 1 is 1.26 bits per heavy atom. The third kappa shape index (κ3) is 4.44. The summed E-state index contributed by atoms with van der Waals surface area (Å²) < 4.78 is 9.28. The highest BCUT2D eigenvalue weighted by Crippen LogP contribution is 2.18. The molecule has 0 saturated heterocycles. The molecule has 0 bridgehead atoms. The second-order valence-corrected chi connectivity index (χ2v) is 7.08. The van der Waals surface area contributed by atoms with E-state index >= 15 is 0 Å². The number of ether oxygens (including phenoxy) is 1. The van der Waals surface area contributed by atoms with E-state index in [1.807, 2.05) is 30.5 Å². The fraction of sp³-hybridized carbons (Fsp3) is 0.368. The van der Waals surface area contributed by atoms with Crippen LogP contribution in [0.5, 0.6) is 5.75 Å². The number of benzene rings is 1. The van der Waals surface area contributed by atoms with E-state index in [1.165, 1.54) is 23.2 Å². The van der Waals surface area contributed by atoms with Crippen molar-refractivity contribution >= 4 is 23.0 Å². The molecule has 1 atom stereocenters. The van der Waals surface area contributed by atoms with Crippen LogP contribution < -0.4 is 32.6 Å². The number of fused-ring (bicyclic) bond motifs is 1. The molecule has 2 aromatic heterocycles. The Bertz CT molecular complexity index is 1230. The van der Waals surface area contributed by atoms with Gasteiger partial charge in [0.15, 0.2) is 11.2 Å². The number of imidazole rings is 1. The van der Waals surface area contributed by atoms with Crippen LogP contribution in [0, 0.1) is 6.92 Å². The molecule has 3 aromatic rings. The zero-order chi connectivity index (χ0) is 22.7. The van der Waals surface area contributed by atoms with Crippen LogP contribution in [-0.2, 0) is 25.4 Å². The van der Waals surface area contributed by atoms with E-state index < -0.39 is 23.3 Å². The first kappa shape index (κ1) is 22.1. The number of carbonyl (C=O) groups excluding carboxylic acids is 1. The Morgan fingerprint density at radius 3 is 2.65 bits per heavy atom. The fourth-order valence-corrected chi connectivity index (χ4v) is 3.14. The summed E-state index contributed by atoms with van der Waals surface area (Å²) in [5.41, 5.74) is 2.01. The van der Waals surface area contributed by atoms with E-state index in [2.05, 4.69) is 10.3 Å². The quantitative estimate of drug-likeness (QED) is 0.192. The van der Waals surface area contributed by atoms with Crippen molar-refractivity contribution in [3.05, 3.63) is 50.7 Å². The Labute approximate surface area is 176 Å². The topological polar surface area (TPSA) is 158 Å². The van der Waals surface area contributed by atoms with E-state index in [4.69, 9.17) is 10.6 Å². The molecule has 12 nitrogen and oxygen atoms in total. The average molecular weight is 431 g/mol. The molecule has 31 heavy (non-hydrogen) atoms. The lowest BCUT2D eigenvalue weighted by Crippen LogP contribution is -2.38. The monoisotopic (exact) mass is 431 g/mol. The van der Waals surface area contributed by atoms with Gasteiger partial charge in [0.25, 0.3) is 11.5 Å². The maximum atomic E-state index is 12.8. The fourth-order valence-electron chi connectivity index (χ4n) is 3.14. The molecule has 0 saturated carbocycles. The van der Waals surface area contributed by atoms with Crippen LogP contribution in [0.15, 0.2) is 33.9 Å². The maximum Gasteiger partial charge on any atom is 0.332 e. The SMILES string of the molecule is Cc1ccccc1OC[C@@H](O)Cn1c(NCC(=O)NN)nc2c1c(=O)n(C)c(=O)n2C. The van der Waals surface area contributed by atoms with Crippen LogP contribution in [0.25, 0.3) is 11.2 Å². The van der Waals surface area contributed by atoms with Crippen molar-refractivity contribution in [2.75, 3.05) is 18.5 Å². The van der Waals surface area contributed by atoms with Crippen LogP contribution in [-0.4, -0.2) is 49.0 Å². The second-order valence-electron chi connectivity index (χ2n) is 7.08. The third-order valence-corrected chi connectivity index (χ3v) is 4.83. The predicted octanol–water partition coefficient (Wildman–Crippen LogP) is -1.42. The summed E-state index contributed by atoms with van der Waals surface area (Å²) in [5.74, 6) is 5.36. The minimum atomic E-state index is -1.01. The highest BCUT2D eigenvalue weighted by atomic mass is 16.5. The Kier molecular flexibility index (Phi) is 6.42. The molecule has 166 valence electrons. The van der Waals surface area contributed by atoms with Gasteiger partial charge in [-0.1, -0.05) is 18.2 Å². The number of aliphatic hydroxyl groups excluding tert-OH is 1. The molecule has 5 N–H and O–H groups in total. The summed E-state index contributed by atoms with van der Waals surface area (Å²) >= 11 is 0. The average Bonchev–Trinajstić information content (AvgIpc) is 3.12. The molecule has 2 heterocycles. The van der Waals surface area contributed by atoms with Gasteiger partial charge in [0, 0.05) is 14.1 Å². The smallest absolute Gasteiger partial charge is 0.332 e. The number of para-hydroxylation sites is 1. The number of aromatic nitrogens is 4. The van der Waals surface area contributed by atoms with Gasteiger partial charge >= 0.3 is 5.69 Å². The zero-order valence-electron chi connectivity index (χ0n) is 17.5.